The summed E-state index contributed by atoms with van der Waals surface area (Å²) in [6.45, 7) is 8.55. The number of anilines is 2. The molecule has 2 saturated heterocycles. The van der Waals surface area contributed by atoms with E-state index in [1.165, 1.54) is 25.7 Å². The van der Waals surface area contributed by atoms with Crippen molar-refractivity contribution >= 4 is 22.7 Å². The first kappa shape index (κ1) is 23.6. The van der Waals surface area contributed by atoms with Crippen LogP contribution in [0, 0.1) is 11.8 Å². The van der Waals surface area contributed by atoms with E-state index < -0.39 is 0 Å². The molecule has 1 aromatic heterocycles. The van der Waals surface area contributed by atoms with Crippen LogP contribution < -0.4 is 20.3 Å². The quantitative estimate of drug-likeness (QED) is 0.394. The van der Waals surface area contributed by atoms with Gasteiger partial charge in [-0.3, -0.25) is 4.90 Å². The topological polar surface area (TPSA) is 85.8 Å². The van der Waals surface area contributed by atoms with Crippen LogP contribution >= 0.6 is 0 Å². The third kappa shape index (κ3) is 6.05. The molecule has 3 heterocycles. The minimum Gasteiger partial charge on any atom is -0.495 e. The van der Waals surface area contributed by atoms with Crippen molar-refractivity contribution in [1.29, 1.82) is 0 Å². The molecule has 2 aromatic rings. The fourth-order valence-electron chi connectivity index (χ4n) is 4.45. The lowest BCUT2D eigenvalue weighted by Crippen LogP contribution is -2.32. The summed E-state index contributed by atoms with van der Waals surface area (Å²) in [4.78, 5) is 14.5. The van der Waals surface area contributed by atoms with E-state index in [0.717, 1.165) is 73.3 Å². The maximum atomic E-state index is 9.04. The van der Waals surface area contributed by atoms with E-state index in [0.29, 0.717) is 6.54 Å². The van der Waals surface area contributed by atoms with Crippen LogP contribution in [0.15, 0.2) is 12.1 Å². The molecule has 4 rings (SSSR count). The number of nitrogens with one attached hydrogen (secondary N) is 2. The molecule has 0 aliphatic carbocycles. The molecule has 0 spiro atoms. The van der Waals surface area contributed by atoms with Gasteiger partial charge in [-0.05, 0) is 57.8 Å². The summed E-state index contributed by atoms with van der Waals surface area (Å²) in [5.74, 6) is 8.95. The molecule has 2 aliphatic rings. The highest BCUT2D eigenvalue weighted by atomic mass is 16.5. The fraction of sp³-hybridized carbons (Fsp3) is 0.600. The molecule has 8 heteroatoms. The van der Waals surface area contributed by atoms with Gasteiger partial charge in [0.2, 0.25) is 5.95 Å². The first-order valence-corrected chi connectivity index (χ1v) is 12.1. The van der Waals surface area contributed by atoms with Crippen molar-refractivity contribution in [3.63, 3.8) is 0 Å². The lowest BCUT2D eigenvalue weighted by atomic mass is 10.1. The number of aromatic nitrogens is 2. The molecule has 0 amide bonds. The number of hydrogen-bond acceptors (Lipinski definition) is 8. The standard InChI is InChI=1S/C25H36N6O2/c1-19(18-26-9-15-32)27-24-21-17-23(33-2)20(8-7-12-30-10-3-4-11-30)16-22(21)28-25(29-24)31-13-5-6-14-31/h16-17,19,26,32H,3-6,9-15,18H2,1-2H3,(H,27,28,29). The predicted molar refractivity (Wildman–Crippen MR) is 133 cm³/mol. The van der Waals surface area contributed by atoms with Crippen molar-refractivity contribution in [3.8, 4) is 17.6 Å². The molecule has 8 nitrogen and oxygen atoms in total. The van der Waals surface area contributed by atoms with E-state index in [1.54, 1.807) is 7.11 Å². The Morgan fingerprint density at radius 2 is 1.88 bits per heavy atom. The average Bonchev–Trinajstić information content (AvgIpc) is 3.53. The number of nitrogens with zero attached hydrogens (tertiary/aromatic N) is 4. The molecule has 33 heavy (non-hydrogen) atoms. The van der Waals surface area contributed by atoms with Gasteiger partial charge in [-0.2, -0.15) is 4.98 Å². The second-order valence-electron chi connectivity index (χ2n) is 8.89. The highest BCUT2D eigenvalue weighted by molar-refractivity contribution is 5.92. The summed E-state index contributed by atoms with van der Waals surface area (Å²) in [6, 6.07) is 4.16. The maximum absolute atomic E-state index is 9.04. The third-order valence-electron chi connectivity index (χ3n) is 6.24. The average molecular weight is 453 g/mol. The van der Waals surface area contributed by atoms with Crippen molar-refractivity contribution in [3.05, 3.63) is 17.7 Å². The Hall–Kier alpha value is -2.60. The van der Waals surface area contributed by atoms with Gasteiger partial charge in [0.25, 0.3) is 0 Å². The van der Waals surface area contributed by atoms with Crippen LogP contribution in [-0.4, -0.2) is 85.5 Å². The number of aliphatic hydroxyl groups is 1. The maximum Gasteiger partial charge on any atom is 0.227 e. The van der Waals surface area contributed by atoms with Gasteiger partial charge >= 0.3 is 0 Å². The third-order valence-corrected chi connectivity index (χ3v) is 6.24. The Kier molecular flexibility index (Phi) is 8.21. The van der Waals surface area contributed by atoms with Gasteiger partial charge in [-0.25, -0.2) is 4.98 Å². The summed E-state index contributed by atoms with van der Waals surface area (Å²) < 4.78 is 5.70. The monoisotopic (exact) mass is 452 g/mol. The zero-order chi connectivity index (χ0) is 23.0. The van der Waals surface area contributed by atoms with E-state index in [4.69, 9.17) is 19.8 Å². The smallest absolute Gasteiger partial charge is 0.227 e. The molecule has 2 aliphatic heterocycles. The zero-order valence-electron chi connectivity index (χ0n) is 19.9. The van der Waals surface area contributed by atoms with Crippen LogP contribution in [0.2, 0.25) is 0 Å². The van der Waals surface area contributed by atoms with Crippen LogP contribution in [0.4, 0.5) is 11.8 Å². The Labute approximate surface area is 196 Å². The SMILES string of the molecule is COc1cc2c(NC(C)CNCCO)nc(N3CCCC3)nc2cc1C#CCN1CCCC1. The highest BCUT2D eigenvalue weighted by Crippen LogP contribution is 2.31. The number of likely N-dealkylation sites (tertiary alicyclic amines) is 1. The predicted octanol–water partition coefficient (Wildman–Crippen LogP) is 2.07. The molecular formula is C25H36N6O2. The molecule has 3 N–H and O–H groups in total. The Balaban J connectivity index is 1.66. The first-order chi connectivity index (χ1) is 16.2. The summed E-state index contributed by atoms with van der Waals surface area (Å²) >= 11 is 0. The number of rotatable bonds is 9. The van der Waals surface area contributed by atoms with Crippen molar-refractivity contribution < 1.29 is 9.84 Å². The first-order valence-electron chi connectivity index (χ1n) is 12.1. The summed E-state index contributed by atoms with van der Waals surface area (Å²) in [5, 5.41) is 16.7. The lowest BCUT2D eigenvalue weighted by molar-refractivity contribution is 0.292. The molecule has 0 bridgehead atoms. The van der Waals surface area contributed by atoms with Crippen LogP contribution in [0.5, 0.6) is 5.75 Å². The number of ether oxygens (including phenoxy) is 1. The Morgan fingerprint density at radius 3 is 2.61 bits per heavy atom. The molecule has 1 atom stereocenters. The van der Waals surface area contributed by atoms with Gasteiger partial charge in [0, 0.05) is 37.6 Å². The lowest BCUT2D eigenvalue weighted by Gasteiger charge is -2.21. The van der Waals surface area contributed by atoms with Gasteiger partial charge < -0.3 is 25.4 Å². The van der Waals surface area contributed by atoms with Crippen LogP contribution in [0.1, 0.15) is 38.2 Å². The molecule has 2 fully saturated rings. The van der Waals surface area contributed by atoms with Crippen molar-refractivity contribution in [2.24, 2.45) is 0 Å². The minimum absolute atomic E-state index is 0.126. The number of hydrogen-bond donors (Lipinski definition) is 3. The van der Waals surface area contributed by atoms with Gasteiger partial charge in [0.15, 0.2) is 0 Å². The summed E-state index contributed by atoms with van der Waals surface area (Å²) in [5.41, 5.74) is 1.73. The van der Waals surface area contributed by atoms with Crippen LogP contribution in [0.3, 0.4) is 0 Å². The van der Waals surface area contributed by atoms with E-state index in [-0.39, 0.29) is 12.6 Å². The highest BCUT2D eigenvalue weighted by Gasteiger charge is 2.19. The Bertz CT molecular complexity index is 990. The number of fused-ring (bicyclic) bond motifs is 1. The van der Waals surface area contributed by atoms with E-state index in [1.807, 2.05) is 12.1 Å². The van der Waals surface area contributed by atoms with Gasteiger partial charge in [0.05, 0.1) is 31.3 Å². The molecular weight excluding hydrogens is 416 g/mol. The van der Waals surface area contributed by atoms with Gasteiger partial charge in [-0.1, -0.05) is 11.8 Å². The van der Waals surface area contributed by atoms with E-state index in [2.05, 4.69) is 39.2 Å². The summed E-state index contributed by atoms with van der Waals surface area (Å²) in [7, 11) is 1.68. The fourth-order valence-corrected chi connectivity index (χ4v) is 4.45. The van der Waals surface area contributed by atoms with E-state index in [9.17, 15) is 0 Å². The minimum atomic E-state index is 0.126. The number of benzene rings is 1. The number of aliphatic hydroxyl groups excluding tert-OH is 1. The van der Waals surface area contributed by atoms with Crippen LogP contribution in [0.25, 0.3) is 10.9 Å². The van der Waals surface area contributed by atoms with E-state index >= 15 is 0 Å². The van der Waals surface area contributed by atoms with Gasteiger partial charge in [0.1, 0.15) is 11.6 Å². The molecule has 1 aromatic carbocycles. The molecule has 0 saturated carbocycles. The Morgan fingerprint density at radius 1 is 1.12 bits per heavy atom. The van der Waals surface area contributed by atoms with Crippen molar-refractivity contribution in [2.75, 3.05) is 69.7 Å². The van der Waals surface area contributed by atoms with Crippen LogP contribution in [-0.2, 0) is 0 Å². The van der Waals surface area contributed by atoms with Crippen molar-refractivity contribution in [1.82, 2.24) is 20.2 Å². The number of methoxy groups -OCH3 is 1. The summed E-state index contributed by atoms with van der Waals surface area (Å²) in [6.07, 6.45) is 4.87. The van der Waals surface area contributed by atoms with Crippen molar-refractivity contribution in [2.45, 2.75) is 38.6 Å². The molecule has 1 unspecified atom stereocenters. The van der Waals surface area contributed by atoms with Gasteiger partial charge in [-0.15, -0.1) is 0 Å². The second-order valence-corrected chi connectivity index (χ2v) is 8.89. The molecule has 178 valence electrons. The second kappa shape index (κ2) is 11.5. The molecule has 0 radical (unpaired) electrons. The zero-order valence-corrected chi connectivity index (χ0v) is 19.9. The normalized spacial score (nSPS) is 17.2. The largest absolute Gasteiger partial charge is 0.495 e.